The Bertz CT molecular complexity index is 676. The largest absolute Gasteiger partial charge is 0.351 e. The number of hydrogen-bond acceptors (Lipinski definition) is 4. The molecule has 0 saturated carbocycles. The van der Waals surface area contributed by atoms with Crippen LogP contribution in [0.5, 0.6) is 0 Å². The van der Waals surface area contributed by atoms with Crippen molar-refractivity contribution in [2.45, 2.75) is 18.7 Å². The average Bonchev–Trinajstić information content (AvgIpc) is 2.39. The van der Waals surface area contributed by atoms with E-state index >= 15 is 0 Å². The van der Waals surface area contributed by atoms with Gasteiger partial charge in [-0.25, -0.2) is 8.42 Å². The number of rotatable bonds is 6. The van der Waals surface area contributed by atoms with Crippen LogP contribution >= 0.6 is 26.6 Å². The maximum Gasteiger partial charge on any atom is 0.261 e. The third-order valence-electron chi connectivity index (χ3n) is 2.78. The van der Waals surface area contributed by atoms with E-state index in [-0.39, 0.29) is 17.0 Å². The molecule has 0 aliphatic carbocycles. The predicted molar refractivity (Wildman–Crippen MR) is 87.8 cm³/mol. The van der Waals surface area contributed by atoms with Gasteiger partial charge >= 0.3 is 0 Å². The monoisotopic (exact) mass is 415 g/mol. The van der Waals surface area contributed by atoms with E-state index in [4.69, 9.17) is 10.7 Å². The van der Waals surface area contributed by atoms with Crippen molar-refractivity contribution in [3.63, 3.8) is 0 Å². The molecule has 5 nitrogen and oxygen atoms in total. The quantitative estimate of drug-likeness (QED) is 0.721. The van der Waals surface area contributed by atoms with Crippen molar-refractivity contribution >= 4 is 52.4 Å². The number of hydrogen-bond donors (Lipinski definition) is 1. The highest BCUT2D eigenvalue weighted by Gasteiger charge is 2.18. The van der Waals surface area contributed by atoms with Gasteiger partial charge in [0.1, 0.15) is 0 Å². The van der Waals surface area contributed by atoms with Gasteiger partial charge in [-0.15, -0.1) is 0 Å². The molecule has 1 N–H and O–H groups in total. The Morgan fingerprint density at radius 3 is 2.57 bits per heavy atom. The Morgan fingerprint density at radius 2 is 2.05 bits per heavy atom. The predicted octanol–water partition coefficient (Wildman–Crippen LogP) is 2.18. The number of amides is 1. The van der Waals surface area contributed by atoms with Gasteiger partial charge in [0.15, 0.2) is 0 Å². The average molecular weight is 417 g/mol. The summed E-state index contributed by atoms with van der Waals surface area (Å²) in [6, 6.07) is 2.58. The molecule has 0 spiro atoms. The first-order chi connectivity index (χ1) is 9.66. The van der Waals surface area contributed by atoms with E-state index in [1.165, 1.54) is 12.1 Å². The van der Waals surface area contributed by atoms with Crippen LogP contribution in [0.3, 0.4) is 0 Å². The van der Waals surface area contributed by atoms with Crippen LogP contribution in [0, 0.1) is 6.92 Å². The molecule has 1 unspecified atom stereocenters. The van der Waals surface area contributed by atoms with Crippen LogP contribution in [-0.4, -0.2) is 36.6 Å². The van der Waals surface area contributed by atoms with Crippen LogP contribution in [0.15, 0.2) is 21.5 Å². The minimum absolute atomic E-state index is 0.149. The molecule has 0 aromatic heterocycles. The fraction of sp³-hybridized carbons (Fsp3) is 0.417. The summed E-state index contributed by atoms with van der Waals surface area (Å²) < 4.78 is 34.5. The highest BCUT2D eigenvalue weighted by molar-refractivity contribution is 9.10. The SMILES string of the molecule is CCS(=O)CCNC(=O)c1cc(S(=O)(=O)Cl)cc(Br)c1C. The minimum atomic E-state index is -3.92. The molecule has 1 aromatic carbocycles. The highest BCUT2D eigenvalue weighted by Crippen LogP contribution is 2.26. The number of nitrogens with one attached hydrogen (secondary N) is 1. The van der Waals surface area contributed by atoms with Crippen molar-refractivity contribution in [1.29, 1.82) is 0 Å². The van der Waals surface area contributed by atoms with Crippen molar-refractivity contribution in [1.82, 2.24) is 5.32 Å². The van der Waals surface area contributed by atoms with Crippen molar-refractivity contribution in [3.05, 3.63) is 27.7 Å². The van der Waals surface area contributed by atoms with E-state index < -0.39 is 25.8 Å². The summed E-state index contributed by atoms with van der Waals surface area (Å²) in [5.74, 6) is 0.458. The fourth-order valence-corrected chi connectivity index (χ4v) is 3.56. The van der Waals surface area contributed by atoms with Crippen molar-refractivity contribution in [3.8, 4) is 0 Å². The molecular weight excluding hydrogens is 402 g/mol. The molecule has 21 heavy (non-hydrogen) atoms. The van der Waals surface area contributed by atoms with E-state index in [0.717, 1.165) is 0 Å². The molecule has 0 aliphatic heterocycles. The molecule has 0 fully saturated rings. The summed E-state index contributed by atoms with van der Waals surface area (Å²) >= 11 is 3.21. The number of carbonyl (C=O) groups is 1. The van der Waals surface area contributed by atoms with Crippen LogP contribution in [0.4, 0.5) is 0 Å². The Morgan fingerprint density at radius 1 is 1.43 bits per heavy atom. The number of halogens is 2. The second kappa shape index (κ2) is 7.71. The van der Waals surface area contributed by atoms with E-state index in [2.05, 4.69) is 21.2 Å². The lowest BCUT2D eigenvalue weighted by atomic mass is 10.1. The van der Waals surface area contributed by atoms with Crippen LogP contribution in [0.1, 0.15) is 22.8 Å². The zero-order valence-corrected chi connectivity index (χ0v) is 15.5. The van der Waals surface area contributed by atoms with Gasteiger partial charge in [-0.1, -0.05) is 22.9 Å². The molecule has 0 aliphatic rings. The molecule has 9 heteroatoms. The van der Waals surface area contributed by atoms with Gasteiger partial charge in [0, 0.05) is 49.6 Å². The smallest absolute Gasteiger partial charge is 0.261 e. The van der Waals surface area contributed by atoms with Gasteiger partial charge in [0.05, 0.1) is 4.90 Å². The molecule has 118 valence electrons. The molecule has 1 amide bonds. The zero-order chi connectivity index (χ0) is 16.2. The number of carbonyl (C=O) groups excluding carboxylic acids is 1. The molecule has 0 heterocycles. The first kappa shape index (κ1) is 18.6. The van der Waals surface area contributed by atoms with E-state index in [9.17, 15) is 17.4 Å². The van der Waals surface area contributed by atoms with E-state index in [0.29, 0.717) is 21.5 Å². The first-order valence-corrected chi connectivity index (χ1v) is 10.6. The van der Waals surface area contributed by atoms with Gasteiger partial charge in [-0.3, -0.25) is 9.00 Å². The van der Waals surface area contributed by atoms with Crippen LogP contribution in [-0.2, 0) is 19.9 Å². The Labute approximate surface area is 139 Å². The summed E-state index contributed by atoms with van der Waals surface area (Å²) in [4.78, 5) is 11.9. The van der Waals surface area contributed by atoms with E-state index in [1.54, 1.807) is 13.8 Å². The summed E-state index contributed by atoms with van der Waals surface area (Å²) in [7, 11) is 0.412. The van der Waals surface area contributed by atoms with Crippen molar-refractivity contribution in [2.24, 2.45) is 0 Å². The molecule has 1 aromatic rings. The second-order valence-corrected chi connectivity index (χ2v) is 9.49. The van der Waals surface area contributed by atoms with Crippen LogP contribution < -0.4 is 5.32 Å². The zero-order valence-electron chi connectivity index (χ0n) is 11.5. The van der Waals surface area contributed by atoms with Crippen molar-refractivity contribution in [2.75, 3.05) is 18.1 Å². The van der Waals surface area contributed by atoms with Crippen molar-refractivity contribution < 1.29 is 17.4 Å². The highest BCUT2D eigenvalue weighted by atomic mass is 79.9. The summed E-state index contributed by atoms with van der Waals surface area (Å²) in [5.41, 5.74) is 0.819. The molecule has 1 rings (SSSR count). The topological polar surface area (TPSA) is 80.3 Å². The standard InChI is InChI=1S/C12H15BrClNO4S2/c1-3-20(17)5-4-15-12(16)10-6-9(21(14,18)19)7-11(13)8(10)2/h6-7H,3-5H2,1-2H3,(H,15,16). The second-order valence-electron chi connectivity index (χ2n) is 4.20. The minimum Gasteiger partial charge on any atom is -0.351 e. The summed E-state index contributed by atoms with van der Waals surface area (Å²) in [6.07, 6.45) is 0. The molecule has 1 atom stereocenters. The maximum absolute atomic E-state index is 12.1. The van der Waals surface area contributed by atoms with Gasteiger partial charge in [-0.2, -0.15) is 0 Å². The Kier molecular flexibility index (Phi) is 6.83. The Hall–Kier alpha value is -0.440. The van der Waals surface area contributed by atoms with Crippen LogP contribution in [0.25, 0.3) is 0 Å². The summed E-state index contributed by atoms with van der Waals surface area (Å²) in [6.45, 7) is 3.75. The first-order valence-electron chi connectivity index (χ1n) is 6.04. The lowest BCUT2D eigenvalue weighted by Gasteiger charge is -2.10. The third-order valence-corrected chi connectivity index (χ3v) is 6.24. The molecule has 0 saturated heterocycles. The molecule has 0 radical (unpaired) electrons. The van der Waals surface area contributed by atoms with Gasteiger partial charge in [0.2, 0.25) is 0 Å². The molecular formula is C12H15BrClNO4S2. The van der Waals surface area contributed by atoms with Crippen LogP contribution in [0.2, 0.25) is 0 Å². The normalized spacial score (nSPS) is 13.0. The van der Waals surface area contributed by atoms with E-state index in [1.807, 2.05) is 0 Å². The van der Waals surface area contributed by atoms with Gasteiger partial charge in [0.25, 0.3) is 15.0 Å². The van der Waals surface area contributed by atoms with Gasteiger partial charge in [-0.05, 0) is 24.6 Å². The Balaban J connectivity index is 2.99. The van der Waals surface area contributed by atoms with Gasteiger partial charge < -0.3 is 5.32 Å². The lowest BCUT2D eigenvalue weighted by molar-refractivity contribution is 0.0955. The fourth-order valence-electron chi connectivity index (χ4n) is 1.55. The molecule has 0 bridgehead atoms. The maximum atomic E-state index is 12.1. The lowest BCUT2D eigenvalue weighted by Crippen LogP contribution is -2.28. The summed E-state index contributed by atoms with van der Waals surface area (Å²) in [5, 5.41) is 2.62. The number of benzene rings is 1. The third kappa shape index (κ3) is 5.36.